The van der Waals surface area contributed by atoms with Gasteiger partial charge in [0, 0.05) is 24.3 Å². The summed E-state index contributed by atoms with van der Waals surface area (Å²) in [7, 11) is 0. The molecular weight excluding hydrogens is 464 g/mol. The Morgan fingerprint density at radius 3 is 2.19 bits per heavy atom. The molecule has 0 bridgehead atoms. The Morgan fingerprint density at radius 1 is 0.865 bits per heavy atom. The van der Waals surface area contributed by atoms with Crippen LogP contribution in [-0.2, 0) is 10.2 Å². The lowest BCUT2D eigenvalue weighted by Crippen LogP contribution is -2.35. The minimum absolute atomic E-state index is 0.0892. The third-order valence-corrected chi connectivity index (χ3v) is 7.73. The van der Waals surface area contributed by atoms with Gasteiger partial charge in [-0.2, -0.15) is 0 Å². The van der Waals surface area contributed by atoms with Crippen molar-refractivity contribution in [2.45, 2.75) is 57.3 Å². The number of phenolic OH excluding ortho intramolecular Hbond substituents is 2. The first-order valence-corrected chi connectivity index (χ1v) is 13.2. The van der Waals surface area contributed by atoms with E-state index in [1.807, 2.05) is 47.4 Å². The highest BCUT2D eigenvalue weighted by molar-refractivity contribution is 6.02. The van der Waals surface area contributed by atoms with Gasteiger partial charge in [0.25, 0.3) is 5.91 Å². The summed E-state index contributed by atoms with van der Waals surface area (Å²) in [6.45, 7) is 5.93. The summed E-state index contributed by atoms with van der Waals surface area (Å²) in [6.07, 6.45) is 4.69. The topological polar surface area (TPSA) is 89.9 Å². The Hall–Kier alpha value is -3.80. The number of carbonyl (C=O) groups excluding carboxylic acids is 2. The molecule has 2 aliphatic rings. The van der Waals surface area contributed by atoms with E-state index in [1.165, 1.54) is 18.6 Å². The third kappa shape index (κ3) is 4.93. The van der Waals surface area contributed by atoms with Gasteiger partial charge in [0.2, 0.25) is 5.91 Å². The summed E-state index contributed by atoms with van der Waals surface area (Å²) in [5.74, 6) is -0.168. The van der Waals surface area contributed by atoms with Crippen molar-refractivity contribution in [2.75, 3.05) is 18.4 Å². The summed E-state index contributed by atoms with van der Waals surface area (Å²) in [6, 6.07) is 18.4. The van der Waals surface area contributed by atoms with Gasteiger partial charge in [0.15, 0.2) is 11.5 Å². The molecule has 0 radical (unpaired) electrons. The highest BCUT2D eigenvalue weighted by atomic mass is 16.3. The van der Waals surface area contributed by atoms with Crippen LogP contribution in [0.3, 0.4) is 0 Å². The fourth-order valence-corrected chi connectivity index (χ4v) is 5.30. The molecule has 6 heteroatoms. The molecule has 3 N–H and O–H groups in total. The first-order chi connectivity index (χ1) is 17.8. The zero-order valence-electron chi connectivity index (χ0n) is 21.5. The van der Waals surface area contributed by atoms with Crippen LogP contribution in [0.2, 0.25) is 0 Å². The number of benzene rings is 3. The molecule has 0 spiro atoms. The van der Waals surface area contributed by atoms with Gasteiger partial charge < -0.3 is 20.4 Å². The number of nitrogens with one attached hydrogen (secondary N) is 1. The van der Waals surface area contributed by atoms with Gasteiger partial charge in [-0.25, -0.2) is 0 Å². The van der Waals surface area contributed by atoms with Crippen molar-refractivity contribution in [3.8, 4) is 22.6 Å². The molecule has 0 atom stereocenters. The second kappa shape index (κ2) is 9.92. The molecule has 5 rings (SSSR count). The molecule has 1 aliphatic heterocycles. The molecule has 0 unspecified atom stereocenters. The number of hydrogen-bond acceptors (Lipinski definition) is 4. The zero-order chi connectivity index (χ0) is 26.2. The smallest absolute Gasteiger partial charge is 0.253 e. The van der Waals surface area contributed by atoms with Crippen LogP contribution in [0.1, 0.15) is 73.4 Å². The average Bonchev–Trinajstić information content (AvgIpc) is 3.72. The lowest BCUT2D eigenvalue weighted by atomic mass is 9.91. The Bertz CT molecular complexity index is 1320. The monoisotopic (exact) mass is 498 g/mol. The number of rotatable bonds is 6. The summed E-state index contributed by atoms with van der Waals surface area (Å²) in [5.41, 5.74) is 4.60. The van der Waals surface area contributed by atoms with Crippen LogP contribution >= 0.6 is 0 Å². The number of anilines is 1. The van der Waals surface area contributed by atoms with Gasteiger partial charge in [-0.05, 0) is 96.7 Å². The average molecular weight is 499 g/mol. The van der Waals surface area contributed by atoms with Crippen LogP contribution in [0, 0.1) is 0 Å². The molecule has 37 heavy (non-hydrogen) atoms. The fraction of sp³-hybridized carbons (Fsp3) is 0.355. The van der Waals surface area contributed by atoms with Crippen LogP contribution in [0.25, 0.3) is 11.1 Å². The lowest BCUT2D eigenvalue weighted by Gasteiger charge is -2.26. The standard InChI is InChI=1S/C31H34N2O4/c1-20(2)25-12-11-24(32-30(37)31(14-15-31)23-10-13-27(34)28(35)18-23)19-26(25)21-6-8-22(9-7-21)29(36)33-16-4-3-5-17-33/h6-13,18-20,34-35H,3-5,14-17H2,1-2H3,(H,32,37). The van der Waals surface area contributed by atoms with E-state index >= 15 is 0 Å². The molecular formula is C31H34N2O4. The zero-order valence-corrected chi connectivity index (χ0v) is 21.5. The van der Waals surface area contributed by atoms with Gasteiger partial charge in [0.05, 0.1) is 5.41 Å². The van der Waals surface area contributed by atoms with E-state index in [2.05, 4.69) is 19.2 Å². The number of hydrogen-bond donors (Lipinski definition) is 3. The van der Waals surface area contributed by atoms with Crippen LogP contribution in [0.4, 0.5) is 5.69 Å². The van der Waals surface area contributed by atoms with Crippen molar-refractivity contribution in [3.63, 3.8) is 0 Å². The Labute approximate surface area is 217 Å². The summed E-state index contributed by atoms with van der Waals surface area (Å²) in [4.78, 5) is 28.2. The molecule has 0 aromatic heterocycles. The van der Waals surface area contributed by atoms with Crippen molar-refractivity contribution < 1.29 is 19.8 Å². The highest BCUT2D eigenvalue weighted by Gasteiger charge is 2.51. The number of aromatic hydroxyl groups is 2. The lowest BCUT2D eigenvalue weighted by molar-refractivity contribution is -0.118. The Morgan fingerprint density at radius 2 is 1.57 bits per heavy atom. The van der Waals surface area contributed by atoms with E-state index < -0.39 is 5.41 Å². The second-order valence-electron chi connectivity index (χ2n) is 10.6. The largest absolute Gasteiger partial charge is 0.504 e. The van der Waals surface area contributed by atoms with E-state index in [1.54, 1.807) is 6.07 Å². The summed E-state index contributed by atoms with van der Waals surface area (Å²) in [5, 5.41) is 22.7. The van der Waals surface area contributed by atoms with Crippen molar-refractivity contribution in [3.05, 3.63) is 77.4 Å². The molecule has 6 nitrogen and oxygen atoms in total. The predicted molar refractivity (Wildman–Crippen MR) is 145 cm³/mol. The molecule has 192 valence electrons. The molecule has 1 heterocycles. The summed E-state index contributed by atoms with van der Waals surface area (Å²) < 4.78 is 0. The number of piperidine rings is 1. The predicted octanol–water partition coefficient (Wildman–Crippen LogP) is 6.18. The molecule has 2 amide bonds. The van der Waals surface area contributed by atoms with E-state index in [4.69, 9.17) is 0 Å². The van der Waals surface area contributed by atoms with Crippen LogP contribution in [0.5, 0.6) is 11.5 Å². The number of amides is 2. The number of phenols is 2. The SMILES string of the molecule is CC(C)c1ccc(NC(=O)C2(c3ccc(O)c(O)c3)CC2)cc1-c1ccc(C(=O)N2CCCCC2)cc1. The van der Waals surface area contributed by atoms with E-state index in [9.17, 15) is 19.8 Å². The van der Waals surface area contributed by atoms with E-state index in [0.717, 1.165) is 42.6 Å². The maximum Gasteiger partial charge on any atom is 0.253 e. The minimum atomic E-state index is -0.696. The van der Waals surface area contributed by atoms with Gasteiger partial charge in [-0.15, -0.1) is 0 Å². The quantitative estimate of drug-likeness (QED) is 0.354. The summed E-state index contributed by atoms with van der Waals surface area (Å²) >= 11 is 0. The number of carbonyl (C=O) groups is 2. The van der Waals surface area contributed by atoms with Crippen LogP contribution in [0.15, 0.2) is 60.7 Å². The van der Waals surface area contributed by atoms with E-state index in [0.29, 0.717) is 29.7 Å². The third-order valence-electron chi connectivity index (χ3n) is 7.73. The van der Waals surface area contributed by atoms with Crippen LogP contribution in [-0.4, -0.2) is 40.0 Å². The molecule has 2 fully saturated rings. The van der Waals surface area contributed by atoms with Gasteiger partial charge in [-0.3, -0.25) is 9.59 Å². The fourth-order valence-electron chi connectivity index (χ4n) is 5.30. The number of nitrogens with zero attached hydrogens (tertiary/aromatic N) is 1. The molecule has 3 aromatic carbocycles. The van der Waals surface area contributed by atoms with Crippen molar-refractivity contribution in [1.82, 2.24) is 4.90 Å². The maximum atomic E-state index is 13.3. The first-order valence-electron chi connectivity index (χ1n) is 13.2. The molecule has 1 saturated heterocycles. The van der Waals surface area contributed by atoms with E-state index in [-0.39, 0.29) is 29.2 Å². The van der Waals surface area contributed by atoms with Gasteiger partial charge >= 0.3 is 0 Å². The Balaban J connectivity index is 1.39. The molecule has 3 aromatic rings. The second-order valence-corrected chi connectivity index (χ2v) is 10.6. The number of likely N-dealkylation sites (tertiary alicyclic amines) is 1. The van der Waals surface area contributed by atoms with Gasteiger partial charge in [-0.1, -0.05) is 38.1 Å². The van der Waals surface area contributed by atoms with Gasteiger partial charge in [0.1, 0.15) is 0 Å². The Kier molecular flexibility index (Phi) is 6.67. The first kappa shape index (κ1) is 24.9. The highest BCUT2D eigenvalue weighted by Crippen LogP contribution is 2.50. The normalized spacial score (nSPS) is 16.5. The van der Waals surface area contributed by atoms with Crippen LogP contribution < -0.4 is 5.32 Å². The molecule has 1 aliphatic carbocycles. The maximum absolute atomic E-state index is 13.3. The van der Waals surface area contributed by atoms with Crippen molar-refractivity contribution >= 4 is 17.5 Å². The van der Waals surface area contributed by atoms with Crippen molar-refractivity contribution in [2.24, 2.45) is 0 Å². The minimum Gasteiger partial charge on any atom is -0.504 e. The van der Waals surface area contributed by atoms with Crippen molar-refractivity contribution in [1.29, 1.82) is 0 Å². The molecule has 1 saturated carbocycles.